The molecule has 1 rings (SSSR count). The van der Waals surface area contributed by atoms with Gasteiger partial charge in [0.15, 0.2) is 5.11 Å². The summed E-state index contributed by atoms with van der Waals surface area (Å²) < 4.78 is 0. The van der Waals surface area contributed by atoms with Gasteiger partial charge in [0.25, 0.3) is 0 Å². The Labute approximate surface area is 101 Å². The maximum absolute atomic E-state index is 8.72. The van der Waals surface area contributed by atoms with E-state index in [0.717, 1.165) is 5.69 Å². The lowest BCUT2D eigenvalue weighted by atomic mass is 10.1. The zero-order valence-electron chi connectivity index (χ0n) is 9.69. The van der Waals surface area contributed by atoms with Gasteiger partial charge in [0, 0.05) is 11.2 Å². The maximum Gasteiger partial charge on any atom is 0.171 e. The highest BCUT2D eigenvalue weighted by molar-refractivity contribution is 7.80. The molecule has 0 fully saturated rings. The van der Waals surface area contributed by atoms with E-state index in [0.29, 0.717) is 10.7 Å². The Morgan fingerprint density at radius 3 is 2.12 bits per heavy atom. The Morgan fingerprint density at radius 2 is 1.81 bits per heavy atom. The Kier molecular flexibility index (Phi) is 3.51. The van der Waals surface area contributed by atoms with Gasteiger partial charge in [0.05, 0.1) is 11.6 Å². The van der Waals surface area contributed by atoms with E-state index >= 15 is 0 Å². The number of nitriles is 1. The lowest BCUT2D eigenvalue weighted by Crippen LogP contribution is -2.48. The smallest absolute Gasteiger partial charge is 0.171 e. The molecule has 0 aliphatic carbocycles. The highest BCUT2D eigenvalue weighted by atomic mass is 32.1. The van der Waals surface area contributed by atoms with E-state index in [2.05, 4.69) is 6.07 Å². The summed E-state index contributed by atoms with van der Waals surface area (Å²) in [6, 6.07) is 9.29. The molecule has 0 unspecified atom stereocenters. The fourth-order valence-electron chi connectivity index (χ4n) is 1.53. The summed E-state index contributed by atoms with van der Waals surface area (Å²) in [5.74, 6) is 0. The molecule has 0 heterocycles. The van der Waals surface area contributed by atoms with E-state index in [9.17, 15) is 0 Å². The first-order chi connectivity index (χ1) is 7.36. The molecule has 0 saturated carbocycles. The largest absolute Gasteiger partial charge is 0.376 e. The third kappa shape index (κ3) is 2.71. The SMILES string of the molecule is CC(C)(C)N(C(N)=S)c1ccc(C#N)cc1. The van der Waals surface area contributed by atoms with E-state index in [1.807, 2.05) is 37.8 Å². The fourth-order valence-corrected chi connectivity index (χ4v) is 1.91. The minimum atomic E-state index is -0.181. The van der Waals surface area contributed by atoms with Crippen LogP contribution >= 0.6 is 12.2 Å². The number of thiocarbonyl (C=S) groups is 1. The van der Waals surface area contributed by atoms with Crippen LogP contribution in [-0.4, -0.2) is 10.7 Å². The van der Waals surface area contributed by atoms with Crippen molar-refractivity contribution in [2.45, 2.75) is 26.3 Å². The number of hydrogen-bond donors (Lipinski definition) is 1. The standard InChI is InChI=1S/C12H15N3S/c1-12(2,3)15(11(14)16)10-6-4-9(8-13)5-7-10/h4-7H,1-3H3,(H2,14,16). The van der Waals surface area contributed by atoms with Crippen molar-refractivity contribution in [3.63, 3.8) is 0 Å². The van der Waals surface area contributed by atoms with Crippen molar-refractivity contribution in [3.05, 3.63) is 29.8 Å². The Morgan fingerprint density at radius 1 is 1.31 bits per heavy atom. The first-order valence-electron chi connectivity index (χ1n) is 4.96. The molecule has 0 aliphatic rings. The van der Waals surface area contributed by atoms with Crippen LogP contribution in [-0.2, 0) is 0 Å². The zero-order chi connectivity index (χ0) is 12.3. The Hall–Kier alpha value is -1.60. The normalized spacial score (nSPS) is 10.6. The Bertz CT molecular complexity index is 423. The van der Waals surface area contributed by atoms with Gasteiger partial charge in [-0.15, -0.1) is 0 Å². The van der Waals surface area contributed by atoms with Gasteiger partial charge in [-0.05, 0) is 57.3 Å². The van der Waals surface area contributed by atoms with Crippen LogP contribution in [0.2, 0.25) is 0 Å². The van der Waals surface area contributed by atoms with Gasteiger partial charge in [0.2, 0.25) is 0 Å². The molecule has 0 bridgehead atoms. The van der Waals surface area contributed by atoms with Crippen molar-refractivity contribution in [2.24, 2.45) is 5.73 Å². The molecule has 0 spiro atoms. The van der Waals surface area contributed by atoms with Crippen molar-refractivity contribution in [1.82, 2.24) is 0 Å². The van der Waals surface area contributed by atoms with Gasteiger partial charge in [-0.3, -0.25) is 0 Å². The number of nitrogens with zero attached hydrogens (tertiary/aromatic N) is 2. The molecule has 0 amide bonds. The Balaban J connectivity index is 3.14. The quantitative estimate of drug-likeness (QED) is 0.757. The number of nitrogens with two attached hydrogens (primary N) is 1. The second-order valence-corrected chi connectivity index (χ2v) is 4.92. The third-order valence-electron chi connectivity index (χ3n) is 2.15. The van der Waals surface area contributed by atoms with Crippen LogP contribution in [0.25, 0.3) is 0 Å². The van der Waals surface area contributed by atoms with E-state index in [4.69, 9.17) is 23.2 Å². The summed E-state index contributed by atoms with van der Waals surface area (Å²) >= 11 is 5.05. The maximum atomic E-state index is 8.72. The van der Waals surface area contributed by atoms with Crippen LogP contribution in [0.15, 0.2) is 24.3 Å². The zero-order valence-corrected chi connectivity index (χ0v) is 10.5. The first-order valence-corrected chi connectivity index (χ1v) is 5.37. The second kappa shape index (κ2) is 4.50. The number of rotatable bonds is 1. The van der Waals surface area contributed by atoms with E-state index in [1.54, 1.807) is 12.1 Å². The molecular weight excluding hydrogens is 218 g/mol. The monoisotopic (exact) mass is 233 g/mol. The molecule has 3 nitrogen and oxygen atoms in total. The minimum Gasteiger partial charge on any atom is -0.376 e. The van der Waals surface area contributed by atoms with Crippen LogP contribution in [0.4, 0.5) is 5.69 Å². The summed E-state index contributed by atoms with van der Waals surface area (Å²) in [5, 5.41) is 9.05. The van der Waals surface area contributed by atoms with Gasteiger partial charge < -0.3 is 10.6 Å². The molecule has 16 heavy (non-hydrogen) atoms. The van der Waals surface area contributed by atoms with E-state index < -0.39 is 0 Å². The van der Waals surface area contributed by atoms with Crippen molar-refractivity contribution in [3.8, 4) is 6.07 Å². The van der Waals surface area contributed by atoms with Crippen molar-refractivity contribution in [2.75, 3.05) is 4.90 Å². The summed E-state index contributed by atoms with van der Waals surface area (Å²) in [5.41, 5.74) is 7.06. The summed E-state index contributed by atoms with van der Waals surface area (Å²) in [6.45, 7) is 6.10. The molecule has 0 atom stereocenters. The van der Waals surface area contributed by atoms with Gasteiger partial charge in [-0.1, -0.05) is 0 Å². The van der Waals surface area contributed by atoms with E-state index in [-0.39, 0.29) is 5.54 Å². The van der Waals surface area contributed by atoms with E-state index in [1.165, 1.54) is 0 Å². The van der Waals surface area contributed by atoms with Crippen LogP contribution in [0.1, 0.15) is 26.3 Å². The highest BCUT2D eigenvalue weighted by Gasteiger charge is 2.23. The molecule has 0 radical (unpaired) electrons. The molecule has 84 valence electrons. The molecule has 1 aromatic carbocycles. The van der Waals surface area contributed by atoms with Crippen molar-refractivity contribution in [1.29, 1.82) is 5.26 Å². The van der Waals surface area contributed by atoms with Crippen LogP contribution in [0, 0.1) is 11.3 Å². The topological polar surface area (TPSA) is 53.0 Å². The molecule has 0 saturated heterocycles. The second-order valence-electron chi connectivity index (χ2n) is 4.50. The molecule has 1 aromatic rings. The predicted octanol–water partition coefficient (Wildman–Crippen LogP) is 2.41. The van der Waals surface area contributed by atoms with Gasteiger partial charge >= 0.3 is 0 Å². The van der Waals surface area contributed by atoms with Crippen LogP contribution < -0.4 is 10.6 Å². The van der Waals surface area contributed by atoms with Gasteiger partial charge in [0.1, 0.15) is 0 Å². The molecular formula is C12H15N3S. The average molecular weight is 233 g/mol. The molecule has 0 aliphatic heterocycles. The first kappa shape index (κ1) is 12.5. The predicted molar refractivity (Wildman–Crippen MR) is 70.2 cm³/mol. The lowest BCUT2D eigenvalue weighted by molar-refractivity contribution is 0.572. The van der Waals surface area contributed by atoms with Crippen molar-refractivity contribution >= 4 is 23.0 Å². The summed E-state index contributed by atoms with van der Waals surface area (Å²) in [6.07, 6.45) is 0. The van der Waals surface area contributed by atoms with Gasteiger partial charge in [-0.2, -0.15) is 5.26 Å². The lowest BCUT2D eigenvalue weighted by Gasteiger charge is -2.36. The fraction of sp³-hybridized carbons (Fsp3) is 0.333. The number of hydrogen-bond acceptors (Lipinski definition) is 2. The third-order valence-corrected chi connectivity index (χ3v) is 2.33. The van der Waals surface area contributed by atoms with Crippen LogP contribution in [0.5, 0.6) is 0 Å². The molecule has 0 aromatic heterocycles. The van der Waals surface area contributed by atoms with Crippen LogP contribution in [0.3, 0.4) is 0 Å². The van der Waals surface area contributed by atoms with Crippen molar-refractivity contribution < 1.29 is 0 Å². The number of benzene rings is 1. The molecule has 4 heteroatoms. The highest BCUT2D eigenvalue weighted by Crippen LogP contribution is 2.23. The van der Waals surface area contributed by atoms with Gasteiger partial charge in [-0.25, -0.2) is 0 Å². The average Bonchev–Trinajstić information content (AvgIpc) is 2.16. The number of anilines is 1. The molecule has 2 N–H and O–H groups in total. The minimum absolute atomic E-state index is 0.181. The summed E-state index contributed by atoms with van der Waals surface area (Å²) in [4.78, 5) is 1.86. The summed E-state index contributed by atoms with van der Waals surface area (Å²) in [7, 11) is 0.